The van der Waals surface area contributed by atoms with E-state index in [4.69, 9.17) is 16.0 Å². The molecule has 0 bridgehead atoms. The van der Waals surface area contributed by atoms with Crippen LogP contribution in [-0.2, 0) is 6.54 Å². The van der Waals surface area contributed by atoms with Crippen LogP contribution in [0.25, 0.3) is 0 Å². The summed E-state index contributed by atoms with van der Waals surface area (Å²) in [6.45, 7) is 2.50. The smallest absolute Gasteiger partial charge is 0.387 e. The lowest BCUT2D eigenvalue weighted by atomic mass is 10.2. The van der Waals surface area contributed by atoms with Crippen LogP contribution in [-0.4, -0.2) is 38.1 Å². The van der Waals surface area contributed by atoms with Crippen molar-refractivity contribution in [3.8, 4) is 5.75 Å². The summed E-state index contributed by atoms with van der Waals surface area (Å²) in [7, 11) is 0. The van der Waals surface area contributed by atoms with E-state index < -0.39 is 6.61 Å². The number of ether oxygens (including phenoxy) is 1. The predicted octanol–water partition coefficient (Wildman–Crippen LogP) is 3.72. The van der Waals surface area contributed by atoms with E-state index in [1.807, 2.05) is 6.92 Å². The fourth-order valence-corrected chi connectivity index (χ4v) is 2.77. The van der Waals surface area contributed by atoms with E-state index in [1.165, 1.54) is 18.4 Å². The van der Waals surface area contributed by atoms with Crippen LogP contribution in [0.15, 0.2) is 39.9 Å². The van der Waals surface area contributed by atoms with Crippen LogP contribution in [0.1, 0.15) is 35.0 Å². The molecule has 2 aromatic rings. The van der Waals surface area contributed by atoms with Gasteiger partial charge in [0, 0.05) is 35.8 Å². The number of nitrogens with one attached hydrogen (secondary N) is 3. The zero-order valence-corrected chi connectivity index (χ0v) is 17.6. The van der Waals surface area contributed by atoms with Crippen molar-refractivity contribution in [3.63, 3.8) is 0 Å². The van der Waals surface area contributed by atoms with Gasteiger partial charge < -0.3 is 25.1 Å². The summed E-state index contributed by atoms with van der Waals surface area (Å²) < 4.78 is 34.8. The van der Waals surface area contributed by atoms with Crippen LogP contribution in [0.2, 0.25) is 5.02 Å². The van der Waals surface area contributed by atoms with Crippen LogP contribution in [0.5, 0.6) is 5.75 Å². The number of alkyl halides is 2. The molecular formula is C20H25ClF2N4O3. The monoisotopic (exact) mass is 442 g/mol. The first-order chi connectivity index (χ1) is 14.4. The van der Waals surface area contributed by atoms with E-state index in [-0.39, 0.29) is 18.2 Å². The second kappa shape index (κ2) is 12.0. The number of guanidine groups is 1. The van der Waals surface area contributed by atoms with Crippen LogP contribution in [0.3, 0.4) is 0 Å². The predicted molar refractivity (Wildman–Crippen MR) is 111 cm³/mol. The average Bonchev–Trinajstić information content (AvgIpc) is 3.13. The molecule has 10 heteroatoms. The molecule has 0 aliphatic carbocycles. The van der Waals surface area contributed by atoms with Crippen molar-refractivity contribution in [2.75, 3.05) is 19.6 Å². The zero-order valence-electron chi connectivity index (χ0n) is 16.8. The summed E-state index contributed by atoms with van der Waals surface area (Å²) in [4.78, 5) is 16.4. The number of nitrogens with zero attached hydrogens (tertiary/aromatic N) is 1. The average molecular weight is 443 g/mol. The Morgan fingerprint density at radius 3 is 2.67 bits per heavy atom. The van der Waals surface area contributed by atoms with E-state index in [0.29, 0.717) is 48.4 Å². The zero-order chi connectivity index (χ0) is 21.9. The molecule has 3 N–H and O–H groups in total. The topological polar surface area (TPSA) is 87.9 Å². The second-order valence-electron chi connectivity index (χ2n) is 6.29. The summed E-state index contributed by atoms with van der Waals surface area (Å²) >= 11 is 5.96. The highest BCUT2D eigenvalue weighted by molar-refractivity contribution is 6.30. The highest BCUT2D eigenvalue weighted by Crippen LogP contribution is 2.25. The Labute approximate surface area is 178 Å². The summed E-state index contributed by atoms with van der Waals surface area (Å²) in [5, 5.41) is 9.39. The van der Waals surface area contributed by atoms with E-state index >= 15 is 0 Å². The molecule has 2 rings (SSSR count). The summed E-state index contributed by atoms with van der Waals surface area (Å²) in [5.74, 6) is 0.588. The van der Waals surface area contributed by atoms with E-state index in [1.54, 1.807) is 19.1 Å². The van der Waals surface area contributed by atoms with E-state index in [9.17, 15) is 13.6 Å². The van der Waals surface area contributed by atoms with Crippen molar-refractivity contribution in [1.82, 2.24) is 16.0 Å². The number of rotatable bonds is 10. The van der Waals surface area contributed by atoms with Crippen LogP contribution in [0, 0.1) is 6.92 Å². The minimum absolute atomic E-state index is 0.0323. The Balaban J connectivity index is 1.85. The first kappa shape index (κ1) is 23.5. The lowest BCUT2D eigenvalue weighted by Gasteiger charge is -2.13. The fraction of sp³-hybridized carbons (Fsp3) is 0.400. The number of aliphatic imine (C=N–C) groups is 1. The van der Waals surface area contributed by atoms with Crippen LogP contribution < -0.4 is 20.7 Å². The van der Waals surface area contributed by atoms with Gasteiger partial charge in [-0.2, -0.15) is 8.78 Å². The SMILES string of the molecule is CCNC(=NCc1cc(Cl)ccc1OC(F)F)NCCCNC(=O)c1occc1C. The Morgan fingerprint density at radius 2 is 2.00 bits per heavy atom. The Hall–Kier alpha value is -2.81. The molecule has 0 saturated carbocycles. The third-order valence-electron chi connectivity index (χ3n) is 3.99. The molecule has 1 amide bonds. The Morgan fingerprint density at radius 1 is 1.23 bits per heavy atom. The Bertz CT molecular complexity index is 858. The van der Waals surface area contributed by atoms with Gasteiger partial charge >= 0.3 is 6.61 Å². The third-order valence-corrected chi connectivity index (χ3v) is 4.23. The molecule has 0 atom stereocenters. The molecule has 0 unspecified atom stereocenters. The van der Waals surface area contributed by atoms with Gasteiger partial charge in [-0.25, -0.2) is 4.99 Å². The van der Waals surface area contributed by atoms with Gasteiger partial charge in [0.2, 0.25) is 0 Å². The largest absolute Gasteiger partial charge is 0.459 e. The first-order valence-corrected chi connectivity index (χ1v) is 9.86. The lowest BCUT2D eigenvalue weighted by Crippen LogP contribution is -2.38. The lowest BCUT2D eigenvalue weighted by molar-refractivity contribution is -0.0504. The number of hydrogen-bond acceptors (Lipinski definition) is 4. The molecule has 0 spiro atoms. The van der Waals surface area contributed by atoms with Crippen LogP contribution >= 0.6 is 11.6 Å². The number of benzene rings is 1. The van der Waals surface area contributed by atoms with Gasteiger partial charge in [-0.05, 0) is 44.5 Å². The van der Waals surface area contributed by atoms with Crippen molar-refractivity contribution in [1.29, 1.82) is 0 Å². The maximum absolute atomic E-state index is 12.6. The van der Waals surface area contributed by atoms with Crippen molar-refractivity contribution in [3.05, 3.63) is 52.4 Å². The summed E-state index contributed by atoms with van der Waals surface area (Å²) in [5.41, 5.74) is 1.23. The van der Waals surface area contributed by atoms with Gasteiger partial charge in [-0.3, -0.25) is 4.79 Å². The maximum atomic E-state index is 12.6. The highest BCUT2D eigenvalue weighted by Gasteiger charge is 2.12. The molecule has 0 saturated heterocycles. The fourth-order valence-electron chi connectivity index (χ4n) is 2.57. The number of carbonyl (C=O) groups excluding carboxylic acids is 1. The molecular weight excluding hydrogens is 418 g/mol. The number of aryl methyl sites for hydroxylation is 1. The molecule has 0 aliphatic rings. The van der Waals surface area contributed by atoms with Gasteiger partial charge in [0.15, 0.2) is 11.7 Å². The molecule has 30 heavy (non-hydrogen) atoms. The standard InChI is InChI=1S/C20H25ClF2N4O3/c1-3-24-20(26-9-4-8-25-18(28)17-13(2)7-10-29-17)27-12-14-11-15(21)5-6-16(14)30-19(22)23/h5-7,10-11,19H,3-4,8-9,12H2,1-2H3,(H,25,28)(H2,24,26,27). The number of carbonyl (C=O) groups is 1. The molecule has 0 radical (unpaired) electrons. The quantitative estimate of drug-likeness (QED) is 0.296. The van der Waals surface area contributed by atoms with Gasteiger partial charge in [0.1, 0.15) is 5.75 Å². The van der Waals surface area contributed by atoms with E-state index in [2.05, 4.69) is 25.7 Å². The molecule has 164 valence electrons. The molecule has 1 aromatic heterocycles. The normalized spacial score (nSPS) is 11.5. The highest BCUT2D eigenvalue weighted by atomic mass is 35.5. The number of amides is 1. The minimum atomic E-state index is -2.93. The summed E-state index contributed by atoms with van der Waals surface area (Å²) in [6.07, 6.45) is 2.12. The van der Waals surface area contributed by atoms with Gasteiger partial charge in [-0.1, -0.05) is 11.6 Å². The number of halogens is 3. The van der Waals surface area contributed by atoms with Gasteiger partial charge in [-0.15, -0.1) is 0 Å². The molecule has 1 heterocycles. The van der Waals surface area contributed by atoms with Crippen molar-refractivity contribution in [2.45, 2.75) is 33.4 Å². The number of hydrogen-bond donors (Lipinski definition) is 3. The van der Waals surface area contributed by atoms with Gasteiger partial charge in [0.05, 0.1) is 12.8 Å². The van der Waals surface area contributed by atoms with Crippen LogP contribution in [0.4, 0.5) is 8.78 Å². The van der Waals surface area contributed by atoms with Crippen molar-refractivity contribution in [2.24, 2.45) is 4.99 Å². The van der Waals surface area contributed by atoms with Crippen molar-refractivity contribution < 1.29 is 22.7 Å². The molecule has 0 fully saturated rings. The second-order valence-corrected chi connectivity index (χ2v) is 6.73. The molecule has 1 aromatic carbocycles. The first-order valence-electron chi connectivity index (χ1n) is 9.48. The number of furan rings is 1. The van der Waals surface area contributed by atoms with E-state index in [0.717, 1.165) is 5.56 Å². The molecule has 0 aliphatic heterocycles. The summed E-state index contributed by atoms with van der Waals surface area (Å²) in [6, 6.07) is 6.14. The van der Waals surface area contributed by atoms with Crippen molar-refractivity contribution >= 4 is 23.5 Å². The Kier molecular flexibility index (Phi) is 9.40. The van der Waals surface area contributed by atoms with Gasteiger partial charge in [0.25, 0.3) is 5.91 Å². The minimum Gasteiger partial charge on any atom is -0.459 e. The maximum Gasteiger partial charge on any atom is 0.387 e. The third kappa shape index (κ3) is 7.55. The molecule has 7 nitrogen and oxygen atoms in total.